The second-order valence-corrected chi connectivity index (χ2v) is 11.6. The smallest absolute Gasteiger partial charge is 0.236 e. The van der Waals surface area contributed by atoms with Crippen molar-refractivity contribution < 1.29 is 8.42 Å². The molecule has 5 rings (SSSR count). The molecule has 1 saturated heterocycles. The fourth-order valence-electron chi connectivity index (χ4n) is 5.79. The number of fused-ring (bicyclic) bond motifs is 1. The van der Waals surface area contributed by atoms with E-state index < -0.39 is 10.0 Å². The number of likely N-dealkylation sites (tertiary alicyclic amines) is 1. The van der Waals surface area contributed by atoms with E-state index in [9.17, 15) is 8.42 Å². The Hall–Kier alpha value is -2.63. The van der Waals surface area contributed by atoms with Crippen LogP contribution in [0.1, 0.15) is 24.5 Å². The summed E-state index contributed by atoms with van der Waals surface area (Å²) >= 11 is 0. The Bertz CT molecular complexity index is 1200. The molecule has 0 bridgehead atoms. The van der Waals surface area contributed by atoms with Gasteiger partial charge in [-0.25, -0.2) is 12.7 Å². The van der Waals surface area contributed by atoms with Crippen molar-refractivity contribution in [2.75, 3.05) is 30.2 Å². The van der Waals surface area contributed by atoms with Gasteiger partial charge in [0, 0.05) is 18.5 Å². The molecule has 2 fully saturated rings. The molecule has 0 aromatic heterocycles. The minimum absolute atomic E-state index is 0.131. The first kappa shape index (κ1) is 22.2. The van der Waals surface area contributed by atoms with Crippen molar-refractivity contribution in [3.8, 4) is 0 Å². The summed E-state index contributed by atoms with van der Waals surface area (Å²) in [7, 11) is -3.45. The molecule has 1 aliphatic carbocycles. The zero-order valence-electron chi connectivity index (χ0n) is 19.4. The fourth-order valence-corrected chi connectivity index (χ4v) is 6.79. The number of sulfonamides is 1. The molecule has 0 amide bonds. The first-order chi connectivity index (χ1) is 15.9. The van der Waals surface area contributed by atoms with Gasteiger partial charge in [-0.05, 0) is 66.6 Å². The number of hydrogen-bond donors (Lipinski definition) is 0. The fraction of sp³-hybridized carbons (Fsp3) is 0.357. The van der Waals surface area contributed by atoms with Gasteiger partial charge >= 0.3 is 0 Å². The van der Waals surface area contributed by atoms with Crippen LogP contribution in [-0.4, -0.2) is 39.2 Å². The van der Waals surface area contributed by atoms with Gasteiger partial charge in [-0.1, -0.05) is 67.6 Å². The van der Waals surface area contributed by atoms with Crippen molar-refractivity contribution in [2.45, 2.75) is 25.2 Å². The van der Waals surface area contributed by atoms with Crippen LogP contribution in [0.5, 0.6) is 0 Å². The molecule has 172 valence electrons. The molecular formula is C28H32N2O2S. The molecule has 0 radical (unpaired) electrons. The third-order valence-corrected chi connectivity index (χ3v) is 8.72. The van der Waals surface area contributed by atoms with E-state index in [1.165, 1.54) is 28.1 Å². The van der Waals surface area contributed by atoms with Crippen LogP contribution in [0.3, 0.4) is 0 Å². The highest BCUT2D eigenvalue weighted by Gasteiger charge is 2.65. The number of piperidine rings is 1. The first-order valence-corrected chi connectivity index (χ1v) is 13.6. The first-order valence-electron chi connectivity index (χ1n) is 11.8. The van der Waals surface area contributed by atoms with Crippen molar-refractivity contribution in [3.05, 3.63) is 96.1 Å². The van der Waals surface area contributed by atoms with Crippen molar-refractivity contribution in [2.24, 2.45) is 11.8 Å². The van der Waals surface area contributed by atoms with Crippen molar-refractivity contribution in [1.82, 2.24) is 4.90 Å². The molecule has 3 aromatic rings. The largest absolute Gasteiger partial charge is 0.303 e. The van der Waals surface area contributed by atoms with E-state index in [1.54, 1.807) is 0 Å². The molecule has 3 aromatic carbocycles. The molecule has 0 N–H and O–H groups in total. The van der Waals surface area contributed by atoms with E-state index in [0.29, 0.717) is 23.2 Å². The minimum atomic E-state index is -3.45. The number of aryl methyl sites for hydroxylation is 1. The van der Waals surface area contributed by atoms with Crippen LogP contribution >= 0.6 is 0 Å². The number of para-hydroxylation sites is 1. The quantitative estimate of drug-likeness (QED) is 0.462. The Morgan fingerprint density at radius 2 is 1.48 bits per heavy atom. The minimum Gasteiger partial charge on any atom is -0.303 e. The van der Waals surface area contributed by atoms with Crippen LogP contribution in [-0.2, 0) is 21.9 Å². The maximum atomic E-state index is 12.7. The Morgan fingerprint density at radius 3 is 2.12 bits per heavy atom. The van der Waals surface area contributed by atoms with Crippen molar-refractivity contribution in [3.63, 3.8) is 0 Å². The zero-order valence-corrected chi connectivity index (χ0v) is 20.2. The Kier molecular flexibility index (Phi) is 5.79. The van der Waals surface area contributed by atoms with Crippen molar-refractivity contribution >= 4 is 21.4 Å². The summed E-state index contributed by atoms with van der Waals surface area (Å²) in [4.78, 5) is 2.61. The van der Waals surface area contributed by atoms with E-state index in [-0.39, 0.29) is 5.41 Å². The summed E-state index contributed by atoms with van der Waals surface area (Å²) < 4.78 is 26.8. The van der Waals surface area contributed by atoms with E-state index in [2.05, 4.69) is 54.3 Å². The van der Waals surface area contributed by atoms with Crippen LogP contribution in [0.25, 0.3) is 0 Å². The van der Waals surface area contributed by atoms with Gasteiger partial charge < -0.3 is 4.90 Å². The van der Waals surface area contributed by atoms with Gasteiger partial charge in [-0.2, -0.15) is 0 Å². The Labute approximate surface area is 197 Å². The highest BCUT2D eigenvalue weighted by Crippen LogP contribution is 2.63. The van der Waals surface area contributed by atoms with Crippen LogP contribution in [0.2, 0.25) is 0 Å². The maximum absolute atomic E-state index is 12.7. The third-order valence-electron chi connectivity index (χ3n) is 7.63. The van der Waals surface area contributed by atoms with Gasteiger partial charge in [0.1, 0.15) is 0 Å². The summed E-state index contributed by atoms with van der Waals surface area (Å²) in [6.45, 7) is 5.77. The Balaban J connectivity index is 1.27. The molecule has 0 spiro atoms. The van der Waals surface area contributed by atoms with Gasteiger partial charge in [0.05, 0.1) is 17.6 Å². The average molecular weight is 461 g/mol. The lowest BCUT2D eigenvalue weighted by Gasteiger charge is -2.27. The number of nitrogens with zero attached hydrogens (tertiary/aromatic N) is 2. The molecule has 33 heavy (non-hydrogen) atoms. The van der Waals surface area contributed by atoms with Gasteiger partial charge in [-0.15, -0.1) is 0 Å². The van der Waals surface area contributed by atoms with Crippen LogP contribution in [0, 0.1) is 11.8 Å². The summed E-state index contributed by atoms with van der Waals surface area (Å²) in [6.07, 6.45) is 3.59. The van der Waals surface area contributed by atoms with E-state index in [0.717, 1.165) is 26.1 Å². The molecular weight excluding hydrogens is 428 g/mol. The topological polar surface area (TPSA) is 40.6 Å². The summed E-state index contributed by atoms with van der Waals surface area (Å²) in [5, 5.41) is 0. The van der Waals surface area contributed by atoms with Gasteiger partial charge in [0.25, 0.3) is 0 Å². The third kappa shape index (κ3) is 4.32. The standard InChI is InChI=1S/C28H32N2O2S/c1-28(26-20-29(21-27(26)28)18-10-13-22-11-5-3-6-12-22)23-14-9-17-25(19-23)30(33(2,31)32)24-15-7-4-8-16-24/h3-9,11-12,14-17,19,26-27H,10,13,18,20-21H2,1-2H3. The van der Waals surface area contributed by atoms with Crippen LogP contribution in [0.15, 0.2) is 84.9 Å². The predicted octanol–water partition coefficient (Wildman–Crippen LogP) is 5.24. The number of benzene rings is 3. The SMILES string of the molecule is CC1(c2cccc(N(c3ccccc3)S(C)(=O)=O)c2)C2CN(CCCc3ccccc3)CC21. The lowest BCUT2D eigenvalue weighted by molar-refractivity contribution is 0.274. The molecule has 5 heteroatoms. The van der Waals surface area contributed by atoms with E-state index >= 15 is 0 Å². The lowest BCUT2D eigenvalue weighted by Crippen LogP contribution is -2.30. The van der Waals surface area contributed by atoms with Crippen molar-refractivity contribution in [1.29, 1.82) is 0 Å². The van der Waals surface area contributed by atoms with Gasteiger partial charge in [0.2, 0.25) is 10.0 Å². The second-order valence-electron chi connectivity index (χ2n) is 9.76. The zero-order chi connectivity index (χ0) is 23.1. The van der Waals surface area contributed by atoms with Crippen LogP contribution in [0.4, 0.5) is 11.4 Å². The average Bonchev–Trinajstić information content (AvgIpc) is 3.14. The summed E-state index contributed by atoms with van der Waals surface area (Å²) in [6, 6.07) is 28.2. The molecule has 4 nitrogen and oxygen atoms in total. The molecule has 1 aliphatic heterocycles. The van der Waals surface area contributed by atoms with E-state index in [1.807, 2.05) is 42.5 Å². The molecule has 2 unspecified atom stereocenters. The second kappa shape index (κ2) is 8.62. The number of anilines is 2. The molecule has 1 saturated carbocycles. The Morgan fingerprint density at radius 1 is 0.879 bits per heavy atom. The molecule has 2 aliphatic rings. The number of hydrogen-bond acceptors (Lipinski definition) is 3. The van der Waals surface area contributed by atoms with E-state index in [4.69, 9.17) is 0 Å². The highest BCUT2D eigenvalue weighted by atomic mass is 32.2. The molecule has 1 heterocycles. The number of rotatable bonds is 8. The highest BCUT2D eigenvalue weighted by molar-refractivity contribution is 7.92. The summed E-state index contributed by atoms with van der Waals surface area (Å²) in [5.74, 6) is 1.29. The van der Waals surface area contributed by atoms with Crippen LogP contribution < -0.4 is 4.31 Å². The maximum Gasteiger partial charge on any atom is 0.236 e. The lowest BCUT2D eigenvalue weighted by atomic mass is 9.92. The van der Waals surface area contributed by atoms with Gasteiger partial charge in [-0.3, -0.25) is 0 Å². The summed E-state index contributed by atoms with van der Waals surface area (Å²) in [5.41, 5.74) is 4.18. The normalized spacial score (nSPS) is 24.4. The predicted molar refractivity (Wildman–Crippen MR) is 135 cm³/mol. The monoisotopic (exact) mass is 460 g/mol. The van der Waals surface area contributed by atoms with Gasteiger partial charge in [0.15, 0.2) is 0 Å². The molecule has 2 atom stereocenters.